The van der Waals surface area contributed by atoms with Gasteiger partial charge in [-0.05, 0) is 12.1 Å². The van der Waals surface area contributed by atoms with Gasteiger partial charge in [-0.25, -0.2) is 8.78 Å². The molecule has 0 fully saturated rings. The molecule has 1 aromatic rings. The summed E-state index contributed by atoms with van der Waals surface area (Å²) in [5.74, 6) is -4.53. The highest BCUT2D eigenvalue weighted by Gasteiger charge is 2.20. The lowest BCUT2D eigenvalue weighted by Crippen LogP contribution is -2.25. The summed E-state index contributed by atoms with van der Waals surface area (Å²) < 4.78 is 43.5. The Balaban J connectivity index is 2.80. The third-order valence-electron chi connectivity index (χ3n) is 2.05. The average Bonchev–Trinajstić information content (AvgIpc) is 2.25. The first-order valence-electron chi connectivity index (χ1n) is 4.74. The van der Waals surface area contributed by atoms with Crippen LogP contribution in [0.25, 0.3) is 0 Å². The zero-order chi connectivity index (χ0) is 12.3. The van der Waals surface area contributed by atoms with E-state index >= 15 is 0 Å². The summed E-state index contributed by atoms with van der Waals surface area (Å²) in [7, 11) is 0. The summed E-state index contributed by atoms with van der Waals surface area (Å²) in [5.41, 5.74) is -0.572. The number of ether oxygens (including phenoxy) is 1. The van der Waals surface area contributed by atoms with Crippen LogP contribution in [-0.4, -0.2) is 18.3 Å². The molecule has 0 amide bonds. The summed E-state index contributed by atoms with van der Waals surface area (Å²) in [6, 6.07) is 1.81. The minimum absolute atomic E-state index is 0.00545. The Labute approximate surface area is 91.7 Å². The highest BCUT2D eigenvalue weighted by atomic mass is 19.2. The first kappa shape index (κ1) is 12.8. The zero-order valence-electron chi connectivity index (χ0n) is 9.06. The van der Waals surface area contributed by atoms with Crippen molar-refractivity contribution in [2.75, 3.05) is 13.2 Å². The maximum absolute atomic E-state index is 13.1. The predicted octanol–water partition coefficient (Wildman–Crippen LogP) is 2.50. The van der Waals surface area contributed by atoms with Crippen molar-refractivity contribution in [3.63, 3.8) is 0 Å². The first-order valence-corrected chi connectivity index (χ1v) is 4.74. The van der Waals surface area contributed by atoms with Gasteiger partial charge in [0.2, 0.25) is 5.82 Å². The quantitative estimate of drug-likeness (QED) is 0.811. The normalized spacial score (nSPS) is 11.6. The minimum atomic E-state index is -1.56. The molecular weight excluding hydrogens is 221 g/mol. The van der Waals surface area contributed by atoms with E-state index in [1.165, 1.54) is 0 Å². The molecule has 0 aliphatic carbocycles. The molecule has 0 saturated heterocycles. The second kappa shape index (κ2) is 4.74. The molecule has 0 aliphatic heterocycles. The molecule has 2 nitrogen and oxygen atoms in total. The fraction of sp³-hybridized carbons (Fsp3) is 0.455. The van der Waals surface area contributed by atoms with Crippen LogP contribution >= 0.6 is 0 Å². The van der Waals surface area contributed by atoms with Crippen LogP contribution in [0.3, 0.4) is 0 Å². The Bertz CT molecular complexity index is 378. The predicted molar refractivity (Wildman–Crippen MR) is 52.7 cm³/mol. The van der Waals surface area contributed by atoms with Crippen molar-refractivity contribution >= 4 is 0 Å². The molecule has 1 N–H and O–H groups in total. The van der Waals surface area contributed by atoms with Crippen LogP contribution in [0, 0.1) is 22.9 Å². The molecule has 0 radical (unpaired) electrons. The van der Waals surface area contributed by atoms with Gasteiger partial charge in [0.25, 0.3) is 0 Å². The van der Waals surface area contributed by atoms with Crippen molar-refractivity contribution in [1.29, 1.82) is 0 Å². The highest BCUT2D eigenvalue weighted by Crippen LogP contribution is 2.24. The number of aliphatic hydroxyl groups excluding tert-OH is 1. The zero-order valence-corrected chi connectivity index (χ0v) is 9.06. The van der Waals surface area contributed by atoms with Gasteiger partial charge in [0.15, 0.2) is 17.4 Å². The molecule has 0 aliphatic rings. The van der Waals surface area contributed by atoms with Gasteiger partial charge < -0.3 is 9.84 Å². The Morgan fingerprint density at radius 1 is 1.19 bits per heavy atom. The Morgan fingerprint density at radius 3 is 2.38 bits per heavy atom. The molecule has 1 rings (SSSR count). The van der Waals surface area contributed by atoms with E-state index in [0.29, 0.717) is 0 Å². The number of benzene rings is 1. The van der Waals surface area contributed by atoms with Gasteiger partial charge in [-0.3, -0.25) is 0 Å². The summed E-state index contributed by atoms with van der Waals surface area (Å²) >= 11 is 0. The SMILES string of the molecule is CC(C)(CO)COc1ccc(F)c(F)c1F. The summed E-state index contributed by atoms with van der Waals surface area (Å²) in [6.45, 7) is 3.25. The van der Waals surface area contributed by atoms with Gasteiger partial charge in [0.05, 0.1) is 13.2 Å². The van der Waals surface area contributed by atoms with Gasteiger partial charge in [0.1, 0.15) is 0 Å². The summed E-state index contributed by atoms with van der Waals surface area (Å²) in [5, 5.41) is 8.93. The Morgan fingerprint density at radius 2 is 1.81 bits per heavy atom. The number of hydrogen-bond donors (Lipinski definition) is 1. The fourth-order valence-electron chi connectivity index (χ4n) is 0.938. The fourth-order valence-corrected chi connectivity index (χ4v) is 0.938. The Hall–Kier alpha value is -1.23. The van der Waals surface area contributed by atoms with Crippen LogP contribution in [0.5, 0.6) is 5.75 Å². The second-order valence-electron chi connectivity index (χ2n) is 4.28. The monoisotopic (exact) mass is 234 g/mol. The van der Waals surface area contributed by atoms with E-state index in [0.717, 1.165) is 12.1 Å². The summed E-state index contributed by atoms with van der Waals surface area (Å²) in [6.07, 6.45) is 0. The summed E-state index contributed by atoms with van der Waals surface area (Å²) in [4.78, 5) is 0. The van der Waals surface area contributed by atoms with Crippen molar-refractivity contribution < 1.29 is 23.0 Å². The molecule has 0 bridgehead atoms. The number of hydrogen-bond acceptors (Lipinski definition) is 2. The van der Waals surface area contributed by atoms with E-state index in [1.54, 1.807) is 13.8 Å². The topological polar surface area (TPSA) is 29.5 Å². The lowest BCUT2D eigenvalue weighted by atomic mass is 9.96. The van der Waals surface area contributed by atoms with Gasteiger partial charge in [0, 0.05) is 5.41 Å². The lowest BCUT2D eigenvalue weighted by Gasteiger charge is -2.21. The van der Waals surface area contributed by atoms with Crippen molar-refractivity contribution in [3.8, 4) is 5.75 Å². The molecular formula is C11H13F3O2. The lowest BCUT2D eigenvalue weighted by molar-refractivity contribution is 0.0947. The van der Waals surface area contributed by atoms with Crippen LogP contribution in [-0.2, 0) is 0 Å². The third-order valence-corrected chi connectivity index (χ3v) is 2.05. The van der Waals surface area contributed by atoms with Gasteiger partial charge in [-0.2, -0.15) is 4.39 Å². The van der Waals surface area contributed by atoms with E-state index in [4.69, 9.17) is 9.84 Å². The van der Waals surface area contributed by atoms with E-state index in [2.05, 4.69) is 0 Å². The molecule has 0 aromatic heterocycles. The smallest absolute Gasteiger partial charge is 0.203 e. The van der Waals surface area contributed by atoms with Crippen LogP contribution in [0.4, 0.5) is 13.2 Å². The standard InChI is InChI=1S/C11H13F3O2/c1-11(2,5-15)6-16-8-4-3-7(12)9(13)10(8)14/h3-4,15H,5-6H2,1-2H3. The van der Waals surface area contributed by atoms with E-state index in [1.807, 2.05) is 0 Å². The van der Waals surface area contributed by atoms with Crippen molar-refractivity contribution in [2.24, 2.45) is 5.41 Å². The largest absolute Gasteiger partial charge is 0.490 e. The maximum Gasteiger partial charge on any atom is 0.203 e. The van der Waals surface area contributed by atoms with E-state index < -0.39 is 22.9 Å². The van der Waals surface area contributed by atoms with Crippen molar-refractivity contribution in [1.82, 2.24) is 0 Å². The molecule has 1 aromatic carbocycles. The van der Waals surface area contributed by atoms with Crippen LogP contribution in [0.1, 0.15) is 13.8 Å². The van der Waals surface area contributed by atoms with Crippen molar-refractivity contribution in [3.05, 3.63) is 29.6 Å². The van der Waals surface area contributed by atoms with E-state index in [9.17, 15) is 13.2 Å². The van der Waals surface area contributed by atoms with Gasteiger partial charge in [-0.1, -0.05) is 13.8 Å². The Kier molecular flexibility index (Phi) is 3.80. The minimum Gasteiger partial charge on any atom is -0.490 e. The number of aliphatic hydroxyl groups is 1. The molecule has 0 atom stereocenters. The molecule has 0 saturated carbocycles. The third kappa shape index (κ3) is 2.88. The van der Waals surface area contributed by atoms with E-state index in [-0.39, 0.29) is 19.0 Å². The second-order valence-corrected chi connectivity index (χ2v) is 4.28. The molecule has 5 heteroatoms. The first-order chi connectivity index (χ1) is 7.37. The van der Waals surface area contributed by atoms with Gasteiger partial charge in [-0.15, -0.1) is 0 Å². The number of rotatable bonds is 4. The van der Waals surface area contributed by atoms with Crippen LogP contribution in [0.15, 0.2) is 12.1 Å². The van der Waals surface area contributed by atoms with Crippen LogP contribution < -0.4 is 4.74 Å². The molecule has 90 valence electrons. The molecule has 0 unspecified atom stereocenters. The number of halogens is 3. The van der Waals surface area contributed by atoms with Crippen LogP contribution in [0.2, 0.25) is 0 Å². The van der Waals surface area contributed by atoms with Crippen molar-refractivity contribution in [2.45, 2.75) is 13.8 Å². The molecule has 16 heavy (non-hydrogen) atoms. The highest BCUT2D eigenvalue weighted by molar-refractivity contribution is 5.26. The maximum atomic E-state index is 13.1. The molecule has 0 spiro atoms. The molecule has 0 heterocycles. The van der Waals surface area contributed by atoms with Gasteiger partial charge >= 0.3 is 0 Å². The average molecular weight is 234 g/mol.